The number of benzene rings is 2. The summed E-state index contributed by atoms with van der Waals surface area (Å²) < 4.78 is 6.71. The summed E-state index contributed by atoms with van der Waals surface area (Å²) in [5.41, 5.74) is 5.12. The molecular formula is C22H21N5O2S. The summed E-state index contributed by atoms with van der Waals surface area (Å²) in [7, 11) is 1.63. The monoisotopic (exact) mass is 419 g/mol. The zero-order chi connectivity index (χ0) is 21.3. The van der Waals surface area contributed by atoms with Crippen LogP contribution in [0.5, 0.6) is 5.75 Å². The molecule has 30 heavy (non-hydrogen) atoms. The molecule has 2 heterocycles. The van der Waals surface area contributed by atoms with Gasteiger partial charge in [0, 0.05) is 17.5 Å². The number of aromatic nitrogens is 4. The molecule has 0 fully saturated rings. The third-order valence-electron chi connectivity index (χ3n) is 4.92. The molecule has 0 aliphatic rings. The van der Waals surface area contributed by atoms with Gasteiger partial charge in [-0.1, -0.05) is 17.4 Å². The van der Waals surface area contributed by atoms with E-state index in [1.54, 1.807) is 13.3 Å². The zero-order valence-corrected chi connectivity index (χ0v) is 17.9. The van der Waals surface area contributed by atoms with Gasteiger partial charge in [-0.05, 0) is 68.3 Å². The SMILES string of the molecule is COc1ccc(-c2nnc(N=Cc3c(C)[nH]n(-c4ccc(C)c(C)c4)c3=O)s2)cc1. The smallest absolute Gasteiger partial charge is 0.280 e. The normalized spacial score (nSPS) is 11.3. The Morgan fingerprint density at radius 1 is 1.07 bits per heavy atom. The molecule has 4 rings (SSSR count). The molecule has 0 unspecified atom stereocenters. The second-order valence-electron chi connectivity index (χ2n) is 6.94. The van der Waals surface area contributed by atoms with Crippen molar-refractivity contribution in [2.75, 3.05) is 7.11 Å². The van der Waals surface area contributed by atoms with Crippen molar-refractivity contribution in [3.8, 4) is 22.0 Å². The van der Waals surface area contributed by atoms with Crippen LogP contribution in [0.25, 0.3) is 16.3 Å². The Hall–Kier alpha value is -3.52. The van der Waals surface area contributed by atoms with Crippen LogP contribution in [0.1, 0.15) is 22.4 Å². The van der Waals surface area contributed by atoms with E-state index < -0.39 is 0 Å². The second kappa shape index (κ2) is 8.08. The minimum absolute atomic E-state index is 0.153. The first kappa shape index (κ1) is 19.8. The summed E-state index contributed by atoms with van der Waals surface area (Å²) in [5, 5.41) is 12.7. The first-order valence-electron chi connectivity index (χ1n) is 9.37. The molecule has 8 heteroatoms. The Balaban J connectivity index is 1.60. The lowest BCUT2D eigenvalue weighted by Crippen LogP contribution is -2.17. The van der Waals surface area contributed by atoms with Crippen molar-refractivity contribution in [1.82, 2.24) is 20.0 Å². The van der Waals surface area contributed by atoms with Gasteiger partial charge >= 0.3 is 0 Å². The molecule has 0 atom stereocenters. The fourth-order valence-corrected chi connectivity index (χ4v) is 3.69. The average Bonchev–Trinajstić information content (AvgIpc) is 3.33. The van der Waals surface area contributed by atoms with E-state index in [0.29, 0.717) is 10.7 Å². The van der Waals surface area contributed by atoms with Gasteiger partial charge in [0.15, 0.2) is 0 Å². The van der Waals surface area contributed by atoms with E-state index >= 15 is 0 Å². The molecule has 152 valence electrons. The lowest BCUT2D eigenvalue weighted by Gasteiger charge is -2.05. The number of hydrogen-bond acceptors (Lipinski definition) is 6. The van der Waals surface area contributed by atoms with Crippen LogP contribution < -0.4 is 10.3 Å². The summed E-state index contributed by atoms with van der Waals surface area (Å²) in [6.45, 7) is 5.92. The molecule has 0 radical (unpaired) electrons. The average molecular weight is 420 g/mol. The second-order valence-corrected chi connectivity index (χ2v) is 7.89. The van der Waals surface area contributed by atoms with Gasteiger partial charge in [0.05, 0.1) is 18.4 Å². The number of aryl methyl sites for hydroxylation is 3. The van der Waals surface area contributed by atoms with Crippen molar-refractivity contribution in [3.63, 3.8) is 0 Å². The van der Waals surface area contributed by atoms with Gasteiger partial charge in [0.1, 0.15) is 10.8 Å². The molecule has 0 aliphatic heterocycles. The number of nitrogens with zero attached hydrogens (tertiary/aromatic N) is 4. The third-order valence-corrected chi connectivity index (χ3v) is 5.80. The van der Waals surface area contributed by atoms with E-state index in [1.165, 1.54) is 21.6 Å². The van der Waals surface area contributed by atoms with Gasteiger partial charge in [-0.15, -0.1) is 10.2 Å². The largest absolute Gasteiger partial charge is 0.497 e. The molecule has 0 spiro atoms. The summed E-state index contributed by atoms with van der Waals surface area (Å²) >= 11 is 1.36. The van der Waals surface area contributed by atoms with Crippen molar-refractivity contribution >= 4 is 22.7 Å². The number of rotatable bonds is 5. The summed E-state index contributed by atoms with van der Waals surface area (Å²) in [6, 6.07) is 13.5. The molecule has 0 saturated carbocycles. The summed E-state index contributed by atoms with van der Waals surface area (Å²) in [5.74, 6) is 0.782. The maximum absolute atomic E-state index is 12.9. The fourth-order valence-electron chi connectivity index (χ4n) is 3.00. The Bertz CT molecular complexity index is 1280. The van der Waals surface area contributed by atoms with Crippen LogP contribution in [0.2, 0.25) is 0 Å². The number of methoxy groups -OCH3 is 1. The van der Waals surface area contributed by atoms with E-state index in [4.69, 9.17) is 4.74 Å². The number of H-pyrrole nitrogens is 1. The van der Waals surface area contributed by atoms with Crippen LogP contribution in [0.4, 0.5) is 5.13 Å². The van der Waals surface area contributed by atoms with E-state index in [1.807, 2.05) is 63.2 Å². The topological polar surface area (TPSA) is 85.2 Å². The number of aliphatic imine (C=N–C) groups is 1. The predicted octanol–water partition coefficient (Wildman–Crippen LogP) is 4.37. The highest BCUT2D eigenvalue weighted by molar-refractivity contribution is 7.18. The standard InChI is InChI=1S/C22H21N5O2S/c1-13-5-8-17(11-14(13)2)27-21(28)19(15(3)26-27)12-23-22-25-24-20(30-22)16-6-9-18(29-4)10-7-16/h5-12,26H,1-4H3. The Morgan fingerprint density at radius 3 is 2.53 bits per heavy atom. The van der Waals surface area contributed by atoms with Gasteiger partial charge in [0.25, 0.3) is 5.56 Å². The molecule has 2 aromatic carbocycles. The van der Waals surface area contributed by atoms with Gasteiger partial charge in [-0.25, -0.2) is 9.67 Å². The van der Waals surface area contributed by atoms with Gasteiger partial charge in [0.2, 0.25) is 5.13 Å². The number of hydrogen-bond donors (Lipinski definition) is 1. The number of ether oxygens (including phenoxy) is 1. The number of nitrogens with one attached hydrogen (secondary N) is 1. The molecule has 0 bridgehead atoms. The van der Waals surface area contributed by atoms with Crippen LogP contribution in [-0.4, -0.2) is 33.3 Å². The van der Waals surface area contributed by atoms with Crippen LogP contribution >= 0.6 is 11.3 Å². The first-order valence-corrected chi connectivity index (χ1v) is 10.2. The van der Waals surface area contributed by atoms with Crippen LogP contribution in [0.15, 0.2) is 52.3 Å². The van der Waals surface area contributed by atoms with E-state index in [9.17, 15) is 4.79 Å². The van der Waals surface area contributed by atoms with Crippen LogP contribution in [0.3, 0.4) is 0 Å². The molecule has 0 amide bonds. The van der Waals surface area contributed by atoms with Gasteiger partial charge in [-0.2, -0.15) is 0 Å². The van der Waals surface area contributed by atoms with Crippen molar-refractivity contribution < 1.29 is 4.74 Å². The quantitative estimate of drug-likeness (QED) is 0.487. The highest BCUT2D eigenvalue weighted by Crippen LogP contribution is 2.29. The lowest BCUT2D eigenvalue weighted by molar-refractivity contribution is 0.415. The molecule has 0 saturated heterocycles. The van der Waals surface area contributed by atoms with Crippen LogP contribution in [-0.2, 0) is 0 Å². The highest BCUT2D eigenvalue weighted by atomic mass is 32.1. The van der Waals surface area contributed by atoms with Gasteiger partial charge < -0.3 is 4.74 Å². The predicted molar refractivity (Wildman–Crippen MR) is 120 cm³/mol. The minimum atomic E-state index is -0.153. The molecular weight excluding hydrogens is 398 g/mol. The van der Waals surface area contributed by atoms with E-state index in [2.05, 4.69) is 20.3 Å². The maximum atomic E-state index is 12.9. The first-order chi connectivity index (χ1) is 14.5. The Morgan fingerprint density at radius 2 is 1.83 bits per heavy atom. The fraction of sp³-hybridized carbons (Fsp3) is 0.182. The highest BCUT2D eigenvalue weighted by Gasteiger charge is 2.12. The van der Waals surface area contributed by atoms with Crippen molar-refractivity contribution in [2.24, 2.45) is 4.99 Å². The molecule has 2 aromatic heterocycles. The molecule has 1 N–H and O–H groups in total. The minimum Gasteiger partial charge on any atom is -0.497 e. The van der Waals surface area contributed by atoms with E-state index in [0.717, 1.165) is 33.3 Å². The third kappa shape index (κ3) is 3.81. The Kier molecular flexibility index (Phi) is 5.33. The maximum Gasteiger partial charge on any atom is 0.280 e. The van der Waals surface area contributed by atoms with Crippen molar-refractivity contribution in [1.29, 1.82) is 0 Å². The van der Waals surface area contributed by atoms with Gasteiger partial charge in [-0.3, -0.25) is 9.89 Å². The summed E-state index contributed by atoms with van der Waals surface area (Å²) in [4.78, 5) is 17.3. The van der Waals surface area contributed by atoms with E-state index in [-0.39, 0.29) is 5.56 Å². The van der Waals surface area contributed by atoms with Crippen LogP contribution in [0, 0.1) is 20.8 Å². The van der Waals surface area contributed by atoms with Crippen molar-refractivity contribution in [2.45, 2.75) is 20.8 Å². The molecule has 7 nitrogen and oxygen atoms in total. The van der Waals surface area contributed by atoms with Crippen molar-refractivity contribution in [3.05, 3.63) is 75.2 Å². The molecule has 4 aromatic rings. The zero-order valence-electron chi connectivity index (χ0n) is 17.1. The molecule has 0 aliphatic carbocycles. The lowest BCUT2D eigenvalue weighted by atomic mass is 10.1. The Labute approximate surface area is 177 Å². The number of aromatic amines is 1. The summed E-state index contributed by atoms with van der Waals surface area (Å²) in [6.07, 6.45) is 1.55.